The SMILES string of the molecule is CC.CN1CCOC2(C1)CN(C)C2. The average molecular weight is 186 g/mol. The van der Waals surface area contributed by atoms with Crippen molar-refractivity contribution in [2.24, 2.45) is 0 Å². The van der Waals surface area contributed by atoms with Gasteiger partial charge in [-0.2, -0.15) is 0 Å². The van der Waals surface area contributed by atoms with Gasteiger partial charge in [0.05, 0.1) is 6.61 Å². The van der Waals surface area contributed by atoms with Crippen molar-refractivity contribution in [1.82, 2.24) is 9.80 Å². The molecule has 2 fully saturated rings. The van der Waals surface area contributed by atoms with Crippen molar-refractivity contribution in [1.29, 1.82) is 0 Å². The van der Waals surface area contributed by atoms with Crippen molar-refractivity contribution < 1.29 is 4.74 Å². The van der Waals surface area contributed by atoms with E-state index < -0.39 is 0 Å². The van der Waals surface area contributed by atoms with Crippen LogP contribution in [0.25, 0.3) is 0 Å². The Kier molecular flexibility index (Phi) is 3.71. The van der Waals surface area contributed by atoms with Gasteiger partial charge in [0.25, 0.3) is 0 Å². The van der Waals surface area contributed by atoms with Crippen molar-refractivity contribution >= 4 is 0 Å². The minimum Gasteiger partial charge on any atom is -0.370 e. The maximum absolute atomic E-state index is 5.76. The van der Waals surface area contributed by atoms with Crippen LogP contribution in [0, 0.1) is 0 Å². The minimum atomic E-state index is 0.196. The summed E-state index contributed by atoms with van der Waals surface area (Å²) >= 11 is 0. The zero-order valence-corrected chi connectivity index (χ0v) is 9.34. The number of rotatable bonds is 0. The van der Waals surface area contributed by atoms with E-state index in [9.17, 15) is 0 Å². The summed E-state index contributed by atoms with van der Waals surface area (Å²) in [4.78, 5) is 4.66. The van der Waals surface area contributed by atoms with Gasteiger partial charge in [0.1, 0.15) is 5.60 Å². The van der Waals surface area contributed by atoms with Gasteiger partial charge < -0.3 is 14.5 Å². The summed E-state index contributed by atoms with van der Waals surface area (Å²) in [7, 11) is 4.31. The van der Waals surface area contributed by atoms with Crippen molar-refractivity contribution in [2.45, 2.75) is 19.4 Å². The van der Waals surface area contributed by atoms with Gasteiger partial charge in [-0.25, -0.2) is 0 Å². The number of likely N-dealkylation sites (N-methyl/N-ethyl adjacent to an activating group) is 2. The highest BCUT2D eigenvalue weighted by molar-refractivity contribution is 4.99. The zero-order chi connectivity index (χ0) is 9.90. The Morgan fingerprint density at radius 3 is 2.00 bits per heavy atom. The lowest BCUT2D eigenvalue weighted by Crippen LogP contribution is -2.68. The second-order valence-electron chi connectivity index (χ2n) is 3.94. The molecule has 78 valence electrons. The molecule has 13 heavy (non-hydrogen) atoms. The lowest BCUT2D eigenvalue weighted by molar-refractivity contribution is -0.173. The van der Waals surface area contributed by atoms with E-state index in [2.05, 4.69) is 23.9 Å². The smallest absolute Gasteiger partial charge is 0.106 e. The molecule has 1 spiro atoms. The predicted molar refractivity (Wildman–Crippen MR) is 55.0 cm³/mol. The third-order valence-electron chi connectivity index (χ3n) is 2.56. The fraction of sp³-hybridized carbons (Fsp3) is 1.00. The summed E-state index contributed by atoms with van der Waals surface area (Å²) in [5.74, 6) is 0. The Hall–Kier alpha value is -0.120. The number of hydrogen-bond acceptors (Lipinski definition) is 3. The Morgan fingerprint density at radius 2 is 1.54 bits per heavy atom. The van der Waals surface area contributed by atoms with Gasteiger partial charge in [0.2, 0.25) is 0 Å². The molecule has 0 atom stereocenters. The van der Waals surface area contributed by atoms with Crippen molar-refractivity contribution in [3.63, 3.8) is 0 Å². The van der Waals surface area contributed by atoms with Crippen LogP contribution >= 0.6 is 0 Å². The molecule has 2 aliphatic rings. The van der Waals surface area contributed by atoms with E-state index >= 15 is 0 Å². The zero-order valence-electron chi connectivity index (χ0n) is 9.34. The van der Waals surface area contributed by atoms with Crippen molar-refractivity contribution in [3.05, 3.63) is 0 Å². The maximum atomic E-state index is 5.76. The van der Waals surface area contributed by atoms with Crippen molar-refractivity contribution in [2.75, 3.05) is 46.9 Å². The van der Waals surface area contributed by atoms with Gasteiger partial charge in [-0.1, -0.05) is 13.8 Å². The fourth-order valence-corrected chi connectivity index (χ4v) is 2.16. The lowest BCUT2D eigenvalue weighted by Gasteiger charge is -2.52. The molecule has 3 nitrogen and oxygen atoms in total. The van der Waals surface area contributed by atoms with Crippen LogP contribution in [0.3, 0.4) is 0 Å². The summed E-state index contributed by atoms with van der Waals surface area (Å²) < 4.78 is 5.76. The molecular weight excluding hydrogens is 164 g/mol. The third kappa shape index (κ3) is 2.42. The Morgan fingerprint density at radius 1 is 1.00 bits per heavy atom. The number of morpholine rings is 1. The van der Waals surface area contributed by atoms with Crippen LogP contribution in [0.15, 0.2) is 0 Å². The van der Waals surface area contributed by atoms with Crippen LogP contribution in [0.5, 0.6) is 0 Å². The molecule has 0 unspecified atom stereocenters. The predicted octanol–water partition coefficient (Wildman–Crippen LogP) is 0.659. The third-order valence-corrected chi connectivity index (χ3v) is 2.56. The summed E-state index contributed by atoms with van der Waals surface area (Å²) in [5, 5.41) is 0. The van der Waals surface area contributed by atoms with Crippen LogP contribution in [-0.2, 0) is 4.74 Å². The average Bonchev–Trinajstić information content (AvgIpc) is 2.05. The molecule has 0 aromatic carbocycles. The molecule has 0 amide bonds. The maximum Gasteiger partial charge on any atom is 0.106 e. The standard InChI is InChI=1S/C8H16N2O.C2H6/c1-9-3-4-11-8(5-9)6-10(2)7-8;1-2/h3-7H2,1-2H3;1-2H3. The molecule has 2 saturated heterocycles. The van der Waals surface area contributed by atoms with Gasteiger partial charge in [-0.15, -0.1) is 0 Å². The van der Waals surface area contributed by atoms with E-state index in [-0.39, 0.29) is 5.60 Å². The molecule has 0 aromatic heterocycles. The van der Waals surface area contributed by atoms with E-state index in [1.807, 2.05) is 13.8 Å². The van der Waals surface area contributed by atoms with E-state index in [0.29, 0.717) is 0 Å². The van der Waals surface area contributed by atoms with Crippen LogP contribution in [0.2, 0.25) is 0 Å². The minimum absolute atomic E-state index is 0.196. The molecule has 2 aliphatic heterocycles. The summed E-state index contributed by atoms with van der Waals surface area (Å²) in [6.07, 6.45) is 0. The van der Waals surface area contributed by atoms with Gasteiger partial charge in [-0.05, 0) is 14.1 Å². The second-order valence-corrected chi connectivity index (χ2v) is 3.94. The molecule has 0 aliphatic carbocycles. The number of nitrogens with zero attached hydrogens (tertiary/aromatic N) is 2. The first-order valence-electron chi connectivity index (χ1n) is 5.21. The normalized spacial score (nSPS) is 27.7. The van der Waals surface area contributed by atoms with Gasteiger partial charge >= 0.3 is 0 Å². The fourth-order valence-electron chi connectivity index (χ4n) is 2.16. The largest absolute Gasteiger partial charge is 0.370 e. The molecule has 2 heterocycles. The monoisotopic (exact) mass is 186 g/mol. The van der Waals surface area contributed by atoms with Gasteiger partial charge in [0, 0.05) is 26.2 Å². The molecular formula is C10H22N2O. The lowest BCUT2D eigenvalue weighted by atomic mass is 9.93. The summed E-state index contributed by atoms with van der Waals surface area (Å²) in [6, 6.07) is 0. The highest BCUT2D eigenvalue weighted by Gasteiger charge is 2.44. The number of likely N-dealkylation sites (tertiary alicyclic amines) is 1. The molecule has 0 radical (unpaired) electrons. The molecule has 0 aromatic rings. The van der Waals surface area contributed by atoms with E-state index in [1.165, 1.54) is 0 Å². The first-order chi connectivity index (χ1) is 6.20. The highest BCUT2D eigenvalue weighted by atomic mass is 16.5. The quantitative estimate of drug-likeness (QED) is 0.553. The summed E-state index contributed by atoms with van der Waals surface area (Å²) in [6.45, 7) is 9.32. The molecule has 0 bridgehead atoms. The van der Waals surface area contributed by atoms with Crippen LogP contribution in [-0.4, -0.2) is 62.3 Å². The van der Waals surface area contributed by atoms with Crippen LogP contribution in [0.1, 0.15) is 13.8 Å². The number of ether oxygens (including phenoxy) is 1. The summed E-state index contributed by atoms with van der Waals surface area (Å²) in [5.41, 5.74) is 0.196. The van der Waals surface area contributed by atoms with Crippen LogP contribution < -0.4 is 0 Å². The molecule has 0 saturated carbocycles. The van der Waals surface area contributed by atoms with Crippen LogP contribution in [0.4, 0.5) is 0 Å². The topological polar surface area (TPSA) is 15.7 Å². The highest BCUT2D eigenvalue weighted by Crippen LogP contribution is 2.26. The second kappa shape index (κ2) is 4.40. The Balaban J connectivity index is 0.000000396. The van der Waals surface area contributed by atoms with E-state index in [1.54, 1.807) is 0 Å². The van der Waals surface area contributed by atoms with E-state index in [4.69, 9.17) is 4.74 Å². The van der Waals surface area contributed by atoms with Gasteiger partial charge in [-0.3, -0.25) is 0 Å². The first-order valence-corrected chi connectivity index (χ1v) is 5.21. The Bertz CT molecular complexity index is 149. The molecule has 0 N–H and O–H groups in total. The van der Waals surface area contributed by atoms with E-state index in [0.717, 1.165) is 32.8 Å². The molecule has 3 heteroatoms. The number of hydrogen-bond donors (Lipinski definition) is 0. The van der Waals surface area contributed by atoms with Crippen molar-refractivity contribution in [3.8, 4) is 0 Å². The molecule has 2 rings (SSSR count). The van der Waals surface area contributed by atoms with Gasteiger partial charge in [0.15, 0.2) is 0 Å². The Labute approximate surface area is 81.7 Å². The first kappa shape index (κ1) is 11.0.